The second kappa shape index (κ2) is 3.04. The zero-order valence-electron chi connectivity index (χ0n) is 6.99. The van der Waals surface area contributed by atoms with E-state index in [1.54, 1.807) is 0 Å². The maximum atomic E-state index is 10.4. The van der Waals surface area contributed by atoms with Crippen molar-refractivity contribution in [2.75, 3.05) is 0 Å². The van der Waals surface area contributed by atoms with Gasteiger partial charge >= 0.3 is 0 Å². The van der Waals surface area contributed by atoms with Gasteiger partial charge in [-0.25, -0.2) is 4.68 Å². The van der Waals surface area contributed by atoms with Crippen molar-refractivity contribution in [3.63, 3.8) is 0 Å². The zero-order chi connectivity index (χ0) is 10.1. The van der Waals surface area contributed by atoms with Crippen molar-refractivity contribution >= 4 is 16.7 Å². The second-order valence-electron chi connectivity index (χ2n) is 2.66. The molecule has 2 rings (SSSR count). The monoisotopic (exact) mass is 194 g/mol. The Hall–Kier alpha value is -2.02. The molecule has 1 N–H and O–H groups in total. The molecule has 0 aliphatic carbocycles. The normalized spacial score (nSPS) is 10.6. The van der Waals surface area contributed by atoms with Crippen molar-refractivity contribution in [2.24, 2.45) is 0 Å². The van der Waals surface area contributed by atoms with Crippen LogP contribution in [0.2, 0.25) is 0 Å². The Bertz CT molecular complexity index is 493. The van der Waals surface area contributed by atoms with Crippen molar-refractivity contribution in [1.82, 2.24) is 15.0 Å². The van der Waals surface area contributed by atoms with Crippen molar-refractivity contribution in [2.45, 2.75) is 6.73 Å². The Kier molecular flexibility index (Phi) is 1.86. The van der Waals surface area contributed by atoms with E-state index < -0.39 is 4.92 Å². The number of fused-ring (bicyclic) bond motifs is 1. The molecule has 0 bridgehead atoms. The molecule has 0 fully saturated rings. The van der Waals surface area contributed by atoms with Gasteiger partial charge in [-0.15, -0.1) is 5.10 Å². The molecule has 0 atom stereocenters. The Morgan fingerprint density at radius 3 is 3.00 bits per heavy atom. The number of nitro benzene ring substituents is 1. The minimum atomic E-state index is -0.503. The van der Waals surface area contributed by atoms with Crippen LogP contribution >= 0.6 is 0 Å². The summed E-state index contributed by atoms with van der Waals surface area (Å²) in [6.07, 6.45) is 0. The molecule has 0 radical (unpaired) electrons. The molecular formula is C7H6N4O3. The predicted molar refractivity (Wildman–Crippen MR) is 46.4 cm³/mol. The van der Waals surface area contributed by atoms with Crippen LogP contribution < -0.4 is 0 Å². The summed E-state index contributed by atoms with van der Waals surface area (Å²) in [7, 11) is 0. The van der Waals surface area contributed by atoms with Gasteiger partial charge in [0.15, 0.2) is 0 Å². The topological polar surface area (TPSA) is 94.1 Å². The van der Waals surface area contributed by atoms with Gasteiger partial charge in [0.2, 0.25) is 0 Å². The number of nitrogens with zero attached hydrogens (tertiary/aromatic N) is 4. The molecular weight excluding hydrogens is 188 g/mol. The van der Waals surface area contributed by atoms with Crippen LogP contribution in [0.4, 0.5) is 5.69 Å². The molecule has 2 aromatic rings. The lowest BCUT2D eigenvalue weighted by Crippen LogP contribution is -1.98. The average molecular weight is 194 g/mol. The van der Waals surface area contributed by atoms with Gasteiger partial charge in [0.05, 0.1) is 10.4 Å². The standard InChI is InChI=1S/C7H6N4O3/c12-4-10-7-2-1-5(11(13)14)3-6(7)8-9-10/h1-3,12H,4H2. The fourth-order valence-electron chi connectivity index (χ4n) is 1.18. The van der Waals surface area contributed by atoms with E-state index in [1.165, 1.54) is 22.9 Å². The van der Waals surface area contributed by atoms with E-state index in [1.807, 2.05) is 0 Å². The van der Waals surface area contributed by atoms with Crippen molar-refractivity contribution in [3.05, 3.63) is 28.3 Å². The lowest BCUT2D eigenvalue weighted by Gasteiger charge is -1.94. The highest BCUT2D eigenvalue weighted by atomic mass is 16.6. The molecule has 0 amide bonds. The Labute approximate surface area is 77.7 Å². The lowest BCUT2D eigenvalue weighted by molar-refractivity contribution is -0.384. The molecule has 0 unspecified atom stereocenters. The summed E-state index contributed by atoms with van der Waals surface area (Å²) in [6, 6.07) is 4.16. The second-order valence-corrected chi connectivity index (χ2v) is 2.66. The molecule has 0 aliphatic rings. The third kappa shape index (κ3) is 1.19. The number of hydrogen-bond acceptors (Lipinski definition) is 5. The molecule has 1 heterocycles. The van der Waals surface area contributed by atoms with E-state index in [4.69, 9.17) is 5.11 Å². The predicted octanol–water partition coefficient (Wildman–Crippen LogP) is 0.289. The van der Waals surface area contributed by atoms with Crippen LogP contribution in [-0.4, -0.2) is 25.0 Å². The van der Waals surface area contributed by atoms with Gasteiger partial charge in [-0.3, -0.25) is 10.1 Å². The Morgan fingerprint density at radius 1 is 1.57 bits per heavy atom. The van der Waals surface area contributed by atoms with Crippen LogP contribution in [0.25, 0.3) is 11.0 Å². The van der Waals surface area contributed by atoms with E-state index in [2.05, 4.69) is 10.3 Å². The van der Waals surface area contributed by atoms with Gasteiger partial charge in [-0.2, -0.15) is 0 Å². The van der Waals surface area contributed by atoms with Crippen LogP contribution in [0, 0.1) is 10.1 Å². The van der Waals surface area contributed by atoms with E-state index in [0.29, 0.717) is 11.0 Å². The first-order chi connectivity index (χ1) is 6.72. The lowest BCUT2D eigenvalue weighted by atomic mass is 10.3. The first kappa shape index (κ1) is 8.57. The Morgan fingerprint density at radius 2 is 2.36 bits per heavy atom. The highest BCUT2D eigenvalue weighted by Gasteiger charge is 2.09. The molecule has 14 heavy (non-hydrogen) atoms. The number of nitro groups is 1. The average Bonchev–Trinajstić information content (AvgIpc) is 2.59. The van der Waals surface area contributed by atoms with Gasteiger partial charge in [0, 0.05) is 12.1 Å². The van der Waals surface area contributed by atoms with E-state index in [-0.39, 0.29) is 12.4 Å². The number of aliphatic hydroxyl groups is 1. The molecule has 7 heteroatoms. The highest BCUT2D eigenvalue weighted by Crippen LogP contribution is 2.18. The van der Waals surface area contributed by atoms with Crippen molar-refractivity contribution in [3.8, 4) is 0 Å². The van der Waals surface area contributed by atoms with E-state index in [0.717, 1.165) is 0 Å². The van der Waals surface area contributed by atoms with Crippen LogP contribution in [0.5, 0.6) is 0 Å². The zero-order valence-corrected chi connectivity index (χ0v) is 6.99. The summed E-state index contributed by atoms with van der Waals surface area (Å²) in [5.74, 6) is 0. The number of aromatic nitrogens is 3. The summed E-state index contributed by atoms with van der Waals surface area (Å²) >= 11 is 0. The van der Waals surface area contributed by atoms with E-state index >= 15 is 0 Å². The number of non-ortho nitro benzene ring substituents is 1. The third-order valence-electron chi connectivity index (χ3n) is 1.84. The van der Waals surface area contributed by atoms with Crippen LogP contribution in [0.3, 0.4) is 0 Å². The van der Waals surface area contributed by atoms with Gasteiger partial charge in [0.1, 0.15) is 12.2 Å². The fraction of sp³-hybridized carbons (Fsp3) is 0.143. The molecule has 0 saturated carbocycles. The quantitative estimate of drug-likeness (QED) is 0.547. The summed E-state index contributed by atoms with van der Waals surface area (Å²) in [5, 5.41) is 26.5. The summed E-state index contributed by atoms with van der Waals surface area (Å²) in [5.41, 5.74) is 0.925. The maximum Gasteiger partial charge on any atom is 0.271 e. The first-order valence-electron chi connectivity index (χ1n) is 3.81. The molecule has 72 valence electrons. The highest BCUT2D eigenvalue weighted by molar-refractivity contribution is 5.76. The number of benzene rings is 1. The summed E-state index contributed by atoms with van der Waals surface area (Å²) in [6.45, 7) is -0.297. The van der Waals surface area contributed by atoms with Crippen molar-refractivity contribution in [1.29, 1.82) is 0 Å². The molecule has 0 spiro atoms. The molecule has 0 saturated heterocycles. The summed E-state index contributed by atoms with van der Waals surface area (Å²) < 4.78 is 1.25. The van der Waals surface area contributed by atoms with Crippen molar-refractivity contribution < 1.29 is 10.0 Å². The fourth-order valence-corrected chi connectivity index (χ4v) is 1.18. The van der Waals surface area contributed by atoms with Crippen LogP contribution in [-0.2, 0) is 6.73 Å². The number of aliphatic hydroxyl groups excluding tert-OH is 1. The van der Waals surface area contributed by atoms with Gasteiger partial charge in [0.25, 0.3) is 5.69 Å². The molecule has 1 aromatic carbocycles. The molecule has 1 aromatic heterocycles. The number of hydrogen-bond donors (Lipinski definition) is 1. The van der Waals surface area contributed by atoms with E-state index in [9.17, 15) is 10.1 Å². The minimum Gasteiger partial charge on any atom is -0.374 e. The van der Waals surface area contributed by atoms with Crippen LogP contribution in [0.15, 0.2) is 18.2 Å². The molecule has 7 nitrogen and oxygen atoms in total. The van der Waals surface area contributed by atoms with Gasteiger partial charge in [-0.1, -0.05) is 5.21 Å². The first-order valence-corrected chi connectivity index (χ1v) is 3.81. The molecule has 0 aliphatic heterocycles. The maximum absolute atomic E-state index is 10.4. The SMILES string of the molecule is O=[N+]([O-])c1ccc2c(c1)nnn2CO. The largest absolute Gasteiger partial charge is 0.374 e. The van der Waals surface area contributed by atoms with Gasteiger partial charge < -0.3 is 5.11 Å². The van der Waals surface area contributed by atoms with Gasteiger partial charge in [-0.05, 0) is 6.07 Å². The smallest absolute Gasteiger partial charge is 0.271 e. The summed E-state index contributed by atoms with van der Waals surface area (Å²) in [4.78, 5) is 9.92. The number of rotatable bonds is 2. The minimum absolute atomic E-state index is 0.0394. The Balaban J connectivity index is 2.63. The van der Waals surface area contributed by atoms with Crippen LogP contribution in [0.1, 0.15) is 0 Å². The third-order valence-corrected chi connectivity index (χ3v) is 1.84.